The fraction of sp³-hybridized carbons (Fsp3) is 0.120. The minimum atomic E-state index is -2.18. The van der Waals surface area contributed by atoms with Crippen molar-refractivity contribution in [3.05, 3.63) is 186 Å². The minimum absolute atomic E-state index is 0. The summed E-state index contributed by atoms with van der Waals surface area (Å²) < 4.78 is 47.2. The van der Waals surface area contributed by atoms with Crippen molar-refractivity contribution < 1.29 is 28.3 Å². The Labute approximate surface area is 350 Å². The molecular weight excluding hydrogens is 867 g/mol. The van der Waals surface area contributed by atoms with Gasteiger partial charge in [0.15, 0.2) is 0 Å². The van der Waals surface area contributed by atoms with Gasteiger partial charge in [-0.1, -0.05) is 164 Å². The summed E-state index contributed by atoms with van der Waals surface area (Å²) in [6.07, 6.45) is 1.30. The predicted octanol–water partition coefficient (Wildman–Crippen LogP) is 13.5. The van der Waals surface area contributed by atoms with Gasteiger partial charge in [0.05, 0.1) is 22.5 Å². The van der Waals surface area contributed by atoms with Crippen LogP contribution in [0.25, 0.3) is 71.7 Å². The van der Waals surface area contributed by atoms with Gasteiger partial charge in [0, 0.05) is 45.7 Å². The molecule has 0 aliphatic carbocycles. The summed E-state index contributed by atoms with van der Waals surface area (Å²) in [4.78, 5) is 9.34. The van der Waals surface area contributed by atoms with Gasteiger partial charge in [-0.05, 0) is 46.8 Å². The molecule has 9 aromatic rings. The van der Waals surface area contributed by atoms with Gasteiger partial charge in [-0.25, -0.2) is 0 Å². The Morgan fingerprint density at radius 3 is 1.98 bits per heavy atom. The molecule has 0 amide bonds. The second kappa shape index (κ2) is 16.1. The van der Waals surface area contributed by atoms with Gasteiger partial charge in [-0.2, -0.15) is 0 Å². The summed E-state index contributed by atoms with van der Waals surface area (Å²) in [5.74, 6) is 0.913. The monoisotopic (exact) mass is 914 g/mol. The Bertz CT molecular complexity index is 2800. The van der Waals surface area contributed by atoms with E-state index in [2.05, 4.69) is 163 Å². The molecule has 0 N–H and O–H groups in total. The first-order valence-electron chi connectivity index (χ1n) is 20.8. The number of hydrogen-bond donors (Lipinski definition) is 0. The van der Waals surface area contributed by atoms with Crippen LogP contribution in [0, 0.1) is 25.2 Å². The normalized spacial score (nSPS) is 13.3. The van der Waals surface area contributed by atoms with Gasteiger partial charge in [0.25, 0.3) is 0 Å². The Balaban J connectivity index is 0.000000226. The van der Waals surface area contributed by atoms with Crippen molar-refractivity contribution >= 4 is 32.5 Å². The van der Waals surface area contributed by atoms with E-state index in [1.165, 1.54) is 62.3 Å². The number of rotatable bonds is 5. The average Bonchev–Trinajstić information content (AvgIpc) is 3.85. The van der Waals surface area contributed by atoms with E-state index in [1.807, 2.05) is 0 Å². The van der Waals surface area contributed by atoms with E-state index in [0.29, 0.717) is 11.3 Å². The van der Waals surface area contributed by atoms with E-state index in [1.54, 1.807) is 23.5 Å². The number of nitrogens with zero attached hydrogens (tertiary/aromatic N) is 3. The molecule has 0 spiro atoms. The number of thiophene rings is 1. The van der Waals surface area contributed by atoms with E-state index in [-0.39, 0.29) is 36.6 Å². The van der Waals surface area contributed by atoms with Crippen LogP contribution >= 0.6 is 11.3 Å². The molecule has 0 bridgehead atoms. The fourth-order valence-corrected chi connectivity index (χ4v) is 7.53. The molecule has 0 saturated carbocycles. The van der Waals surface area contributed by atoms with Gasteiger partial charge in [0.1, 0.15) is 0 Å². The molecule has 9 rings (SSSR count). The van der Waals surface area contributed by atoms with E-state index < -0.39 is 13.7 Å². The van der Waals surface area contributed by atoms with Crippen LogP contribution in [0.3, 0.4) is 0 Å². The summed E-state index contributed by atoms with van der Waals surface area (Å²) in [5, 5.41) is 4.84. The molecule has 0 unspecified atom stereocenters. The van der Waals surface area contributed by atoms with Crippen molar-refractivity contribution in [3.8, 4) is 50.6 Å². The van der Waals surface area contributed by atoms with Crippen LogP contribution in [-0.2, 0) is 25.5 Å². The van der Waals surface area contributed by atoms with E-state index in [9.17, 15) is 0 Å². The molecule has 0 aliphatic heterocycles. The molecule has 3 heterocycles. The van der Waals surface area contributed by atoms with Crippen molar-refractivity contribution in [2.75, 3.05) is 0 Å². The Morgan fingerprint density at radius 2 is 1.36 bits per heavy atom. The molecule has 3 aromatic heterocycles. The van der Waals surface area contributed by atoms with Crippen molar-refractivity contribution in [1.29, 1.82) is 0 Å². The zero-order valence-corrected chi connectivity index (χ0v) is 33.8. The van der Waals surface area contributed by atoms with E-state index >= 15 is 0 Å². The van der Waals surface area contributed by atoms with Gasteiger partial charge >= 0.3 is 0 Å². The molecule has 0 aliphatic rings. The summed E-state index contributed by atoms with van der Waals surface area (Å²) in [6, 6.07) is 53.6. The fourth-order valence-electron chi connectivity index (χ4n) is 6.65. The quantitative estimate of drug-likeness (QED) is 0.161. The number of pyridine rings is 1. The number of aryl methyl sites for hydroxylation is 2. The first-order chi connectivity index (χ1) is 28.7. The SMILES string of the molecule is CC(C)(C)c1ccc2c(-c3nc4ccccc4n3-c3c(-c4ccccc4)cccc3-c3ccccc3)[c-]sc2c1.[2H]C([2H])([2H])c1c[c-]c(-c2ccc(C([2H])([2H])[2H])cn2)cc1.[Ir]. The van der Waals surface area contributed by atoms with Crippen LogP contribution in [0.15, 0.2) is 158 Å². The summed E-state index contributed by atoms with van der Waals surface area (Å²) in [6.45, 7) is 2.44. The van der Waals surface area contributed by atoms with Crippen LogP contribution in [0.2, 0.25) is 0 Å². The van der Waals surface area contributed by atoms with Crippen molar-refractivity contribution in [3.63, 3.8) is 0 Å². The predicted molar refractivity (Wildman–Crippen MR) is 228 cm³/mol. The number of imidazole rings is 1. The third-order valence-electron chi connectivity index (χ3n) is 9.45. The standard InChI is InChI=1S/C37H29N2S.C13H12N.Ir/c1-37(2,3)27-21-22-30-31(24-40-34(30)23-27)36-38-32-19-10-11-20-33(32)39(36)35-28(25-13-6-4-7-14-25)17-12-18-29(35)26-15-8-5-9-16-26;1-10-3-6-12(7-4-10)13-8-5-11(2)9-14-13;/h4-23H,1-3H3;3-6,8-9H,1-2H3;/q2*-1;/i;1D3,2D3;. The third-order valence-corrected chi connectivity index (χ3v) is 10.3. The van der Waals surface area contributed by atoms with Gasteiger partial charge in [0.2, 0.25) is 0 Å². The number of aromatic nitrogens is 3. The second-order valence-corrected chi connectivity index (χ2v) is 15.0. The number of benzene rings is 6. The zero-order valence-electron chi connectivity index (χ0n) is 36.6. The smallest absolute Gasteiger partial charge is 0.0774 e. The van der Waals surface area contributed by atoms with Crippen LogP contribution in [0.5, 0.6) is 0 Å². The van der Waals surface area contributed by atoms with Crippen LogP contribution in [-0.4, -0.2) is 14.5 Å². The van der Waals surface area contributed by atoms with Crippen molar-refractivity contribution in [2.45, 2.75) is 39.9 Å². The van der Waals surface area contributed by atoms with E-state index in [4.69, 9.17) is 13.2 Å². The van der Waals surface area contributed by atoms with E-state index in [0.717, 1.165) is 28.1 Å². The first-order valence-corrected chi connectivity index (χ1v) is 18.6. The first kappa shape index (κ1) is 30.8. The third kappa shape index (κ3) is 7.88. The van der Waals surface area contributed by atoms with Crippen molar-refractivity contribution in [2.24, 2.45) is 0 Å². The molecule has 5 heteroatoms. The van der Waals surface area contributed by atoms with Gasteiger partial charge in [-0.3, -0.25) is 16.3 Å². The molecule has 0 saturated heterocycles. The maximum atomic E-state index is 7.28. The Hall–Kier alpha value is -5.45. The molecule has 0 atom stereocenters. The van der Waals surface area contributed by atoms with Gasteiger partial charge < -0.3 is 9.55 Å². The number of para-hydroxylation sites is 3. The van der Waals surface area contributed by atoms with Crippen LogP contribution < -0.4 is 0 Å². The maximum absolute atomic E-state index is 7.28. The minimum Gasteiger partial charge on any atom is -0.332 e. The summed E-state index contributed by atoms with van der Waals surface area (Å²) in [5.41, 5.74) is 11.9. The van der Waals surface area contributed by atoms with Crippen LogP contribution in [0.1, 0.15) is 45.7 Å². The Morgan fingerprint density at radius 1 is 0.691 bits per heavy atom. The molecular formula is C50H41IrN3S-2. The molecule has 55 heavy (non-hydrogen) atoms. The second-order valence-electron chi connectivity index (χ2n) is 14.2. The summed E-state index contributed by atoms with van der Waals surface area (Å²) >= 11 is 1.68. The molecule has 6 aromatic carbocycles. The maximum Gasteiger partial charge on any atom is 0.0774 e. The molecule has 0 fully saturated rings. The van der Waals surface area contributed by atoms with Gasteiger partial charge in [-0.15, -0.1) is 46.8 Å². The zero-order chi connectivity index (χ0) is 42.2. The average molecular weight is 914 g/mol. The topological polar surface area (TPSA) is 30.7 Å². The van der Waals surface area contributed by atoms with Crippen molar-refractivity contribution in [1.82, 2.24) is 14.5 Å². The molecule has 1 radical (unpaired) electrons. The Kier molecular flexibility index (Phi) is 9.03. The largest absolute Gasteiger partial charge is 0.332 e. The number of fused-ring (bicyclic) bond motifs is 2. The summed E-state index contributed by atoms with van der Waals surface area (Å²) in [7, 11) is 0. The number of hydrogen-bond acceptors (Lipinski definition) is 3. The van der Waals surface area contributed by atoms with Crippen LogP contribution in [0.4, 0.5) is 0 Å². The molecule has 273 valence electrons. The molecule has 3 nitrogen and oxygen atoms in total.